The average Bonchev–Trinajstić information content (AvgIpc) is 3.15. The Balaban J connectivity index is 2.22. The van der Waals surface area contributed by atoms with Gasteiger partial charge in [0.15, 0.2) is 12.6 Å². The largest absolute Gasteiger partial charge is 0.459 e. The molecule has 0 bridgehead atoms. The van der Waals surface area contributed by atoms with Crippen LogP contribution < -0.4 is 0 Å². The number of rotatable bonds is 13. The van der Waals surface area contributed by atoms with Gasteiger partial charge in [0.25, 0.3) is 0 Å². The van der Waals surface area contributed by atoms with E-state index in [1.807, 2.05) is 32.8 Å². The average molecular weight is 837 g/mol. The number of cyclic esters (lactones) is 1. The summed E-state index contributed by atoms with van der Waals surface area (Å²) in [6, 6.07) is -0.328. The van der Waals surface area contributed by atoms with Crippen molar-refractivity contribution >= 4 is 11.7 Å². The fourth-order valence-corrected chi connectivity index (χ4v) is 8.93. The Bertz CT molecular complexity index is 1300. The predicted octanol–water partition coefficient (Wildman–Crippen LogP) is 2.21. The van der Waals surface area contributed by atoms with Crippen molar-refractivity contribution in [3.8, 4) is 0 Å². The lowest BCUT2D eigenvalue weighted by Gasteiger charge is -2.49. The first kappa shape index (κ1) is 50.8. The summed E-state index contributed by atoms with van der Waals surface area (Å²) in [4.78, 5) is 21.8. The van der Waals surface area contributed by atoms with Crippen molar-refractivity contribution < 1.29 is 73.1 Å². The third-order valence-electron chi connectivity index (χ3n) is 12.6. The molecule has 3 saturated heterocycles. The topological polar surface area (TPSA) is 217 Å². The van der Waals surface area contributed by atoms with Gasteiger partial charge in [-0.15, -0.1) is 0 Å². The van der Waals surface area contributed by atoms with Crippen LogP contribution in [0.3, 0.4) is 0 Å². The second-order valence-electron chi connectivity index (χ2n) is 17.7. The molecule has 4 unspecified atom stereocenters. The van der Waals surface area contributed by atoms with E-state index in [0.29, 0.717) is 18.7 Å². The minimum Gasteiger partial charge on any atom is -0.459 e. The number of aliphatic hydroxyl groups is 5. The molecule has 5 N–H and O–H groups in total. The maximum Gasteiger partial charge on any atom is 0.311 e. The Morgan fingerprint density at radius 2 is 1.55 bits per heavy atom. The molecular formula is C41H76N2O15. The number of esters is 1. The zero-order valence-corrected chi connectivity index (χ0v) is 37.3. The van der Waals surface area contributed by atoms with Gasteiger partial charge in [-0.1, -0.05) is 32.9 Å². The summed E-state index contributed by atoms with van der Waals surface area (Å²) in [6.07, 6.45) is -9.49. The number of ether oxygens (including phenoxy) is 8. The number of oxime groups is 1. The highest BCUT2D eigenvalue weighted by atomic mass is 16.7. The molecule has 0 radical (unpaired) electrons. The second-order valence-corrected chi connectivity index (χ2v) is 17.7. The van der Waals surface area contributed by atoms with Crippen molar-refractivity contribution in [3.05, 3.63) is 0 Å². The number of carbonyl (C=O) groups excluding carboxylic acids is 1. The van der Waals surface area contributed by atoms with Crippen LogP contribution in [0.2, 0.25) is 0 Å². The Morgan fingerprint density at radius 3 is 2.14 bits per heavy atom. The second kappa shape index (κ2) is 21.5. The van der Waals surface area contributed by atoms with Gasteiger partial charge in [-0.05, 0) is 74.9 Å². The number of hydrogen-bond acceptors (Lipinski definition) is 17. The SMILES string of the molecule is CC[C@H]1OC(=O)[C@H](C)[C@@H](OC2C[C@@](C)(OC)C(O)[C@H](C)O2)[C@H](C)[C@@H](OC2O[C@H](C)CC(N(C)C)[C@H]2O)[C@](C)(O)C[C@@H](C)/C(=N\OCOCCOC)[C@H](C)[C@@H](O)[C@]1(C)O. The van der Waals surface area contributed by atoms with Crippen LogP contribution in [-0.2, 0) is 47.5 Å². The van der Waals surface area contributed by atoms with Gasteiger partial charge in [-0.25, -0.2) is 0 Å². The van der Waals surface area contributed by atoms with Gasteiger partial charge in [0.1, 0.15) is 23.9 Å². The maximum atomic E-state index is 14.3. The molecule has 0 aromatic heterocycles. The summed E-state index contributed by atoms with van der Waals surface area (Å²) in [5, 5.41) is 63.6. The first-order chi connectivity index (χ1) is 27.0. The predicted molar refractivity (Wildman–Crippen MR) is 212 cm³/mol. The quantitative estimate of drug-likeness (QED) is 0.0778. The molecule has 17 heteroatoms. The first-order valence-corrected chi connectivity index (χ1v) is 20.8. The minimum atomic E-state index is -1.97. The van der Waals surface area contributed by atoms with Crippen LogP contribution in [0.4, 0.5) is 0 Å². The summed E-state index contributed by atoms with van der Waals surface area (Å²) in [5.74, 6) is -4.14. The molecule has 0 aliphatic carbocycles. The molecule has 340 valence electrons. The van der Waals surface area contributed by atoms with Crippen LogP contribution in [0.5, 0.6) is 0 Å². The van der Waals surface area contributed by atoms with E-state index >= 15 is 0 Å². The van der Waals surface area contributed by atoms with Crippen molar-refractivity contribution in [2.24, 2.45) is 28.8 Å². The molecule has 0 aromatic carbocycles. The van der Waals surface area contributed by atoms with E-state index in [4.69, 9.17) is 42.7 Å². The molecular weight excluding hydrogens is 760 g/mol. The highest BCUT2D eigenvalue weighted by molar-refractivity contribution is 5.88. The summed E-state index contributed by atoms with van der Waals surface area (Å²) in [5.41, 5.74) is -4.49. The van der Waals surface area contributed by atoms with Gasteiger partial charge in [-0.2, -0.15) is 0 Å². The van der Waals surface area contributed by atoms with Gasteiger partial charge in [-0.3, -0.25) is 4.79 Å². The van der Waals surface area contributed by atoms with Crippen molar-refractivity contribution in [2.45, 2.75) is 179 Å². The molecule has 3 aliphatic rings. The van der Waals surface area contributed by atoms with E-state index in [1.54, 1.807) is 55.6 Å². The summed E-state index contributed by atoms with van der Waals surface area (Å²) in [7, 11) is 6.76. The number of hydrogen-bond donors (Lipinski definition) is 5. The minimum absolute atomic E-state index is 0.0307. The highest BCUT2D eigenvalue weighted by Gasteiger charge is 2.53. The maximum absolute atomic E-state index is 14.3. The zero-order valence-electron chi connectivity index (χ0n) is 37.3. The van der Waals surface area contributed by atoms with Gasteiger partial charge in [0.2, 0.25) is 6.79 Å². The van der Waals surface area contributed by atoms with Crippen LogP contribution in [-0.4, -0.2) is 175 Å². The van der Waals surface area contributed by atoms with Gasteiger partial charge >= 0.3 is 5.97 Å². The van der Waals surface area contributed by atoms with Gasteiger partial charge in [0, 0.05) is 44.4 Å². The number of nitrogens with zero attached hydrogens (tertiary/aromatic N) is 2. The third-order valence-corrected chi connectivity index (χ3v) is 12.6. The van der Waals surface area contributed by atoms with Crippen molar-refractivity contribution in [1.82, 2.24) is 4.90 Å². The lowest BCUT2D eigenvalue weighted by Crippen LogP contribution is -2.61. The monoisotopic (exact) mass is 837 g/mol. The summed E-state index contributed by atoms with van der Waals surface area (Å²) >= 11 is 0. The fraction of sp³-hybridized carbons (Fsp3) is 0.951. The lowest BCUT2D eigenvalue weighted by molar-refractivity contribution is -0.317. The zero-order chi connectivity index (χ0) is 43.9. The summed E-state index contributed by atoms with van der Waals surface area (Å²) < 4.78 is 48.1. The number of likely N-dealkylation sites (N-methyl/N-ethyl adjacent to an activating group) is 1. The number of aliphatic hydroxyl groups excluding tert-OH is 3. The molecule has 58 heavy (non-hydrogen) atoms. The van der Waals surface area contributed by atoms with E-state index in [0.717, 1.165) is 0 Å². The normalized spacial score (nSPS) is 45.8. The summed E-state index contributed by atoms with van der Waals surface area (Å²) in [6.45, 7) is 17.3. The third kappa shape index (κ3) is 12.1. The molecule has 17 nitrogen and oxygen atoms in total. The lowest BCUT2D eigenvalue weighted by atomic mass is 9.73. The van der Waals surface area contributed by atoms with E-state index in [1.165, 1.54) is 14.0 Å². The van der Waals surface area contributed by atoms with Crippen molar-refractivity contribution in [2.75, 3.05) is 48.3 Å². The van der Waals surface area contributed by atoms with Crippen LogP contribution >= 0.6 is 0 Å². The molecule has 3 fully saturated rings. The fourth-order valence-electron chi connectivity index (χ4n) is 8.93. The van der Waals surface area contributed by atoms with Crippen LogP contribution in [0.1, 0.15) is 94.9 Å². The first-order valence-electron chi connectivity index (χ1n) is 20.8. The molecule has 18 atom stereocenters. The number of methoxy groups -OCH3 is 2. The molecule has 0 amide bonds. The molecule has 3 aliphatic heterocycles. The number of carbonyl (C=O) groups is 1. The molecule has 0 saturated carbocycles. The van der Waals surface area contributed by atoms with E-state index < -0.39 is 102 Å². The standard InChI is InChI=1S/C41H76N2O15/c1-15-29-41(10,49)34(45)24(4)31(42-53-21-52-17-16-50-13)22(2)19-39(8,48)36(58-38-32(44)28(43(11)12)18-23(3)54-38)25(5)33(26(6)37(47)56-29)57-30-20-40(9,51-14)35(46)27(7)55-30/h22-30,32-36,38,44-46,48-49H,15-21H2,1-14H3/b42-31+/t22-,23-,24+,25+,26-,27+,28?,29-,30?,32-,33+,34-,35?,36-,38?,39-,40-,41-/m1/s1. The Labute approximate surface area is 345 Å². The van der Waals surface area contributed by atoms with E-state index in [2.05, 4.69) is 5.16 Å². The highest BCUT2D eigenvalue weighted by Crippen LogP contribution is 2.41. The smallest absolute Gasteiger partial charge is 0.311 e. The van der Waals surface area contributed by atoms with Crippen LogP contribution in [0, 0.1) is 23.7 Å². The molecule has 0 spiro atoms. The van der Waals surface area contributed by atoms with Crippen molar-refractivity contribution in [3.63, 3.8) is 0 Å². The van der Waals surface area contributed by atoms with Crippen molar-refractivity contribution in [1.29, 1.82) is 0 Å². The Hall–Kier alpha value is -1.58. The van der Waals surface area contributed by atoms with E-state index in [9.17, 15) is 30.3 Å². The van der Waals surface area contributed by atoms with Gasteiger partial charge < -0.3 is 73.2 Å². The van der Waals surface area contributed by atoms with Crippen LogP contribution in [0.25, 0.3) is 0 Å². The molecule has 0 aromatic rings. The molecule has 3 rings (SSSR count). The van der Waals surface area contributed by atoms with Gasteiger partial charge in [0.05, 0.1) is 66.6 Å². The Kier molecular flexibility index (Phi) is 18.8. The van der Waals surface area contributed by atoms with Crippen LogP contribution in [0.15, 0.2) is 5.16 Å². The van der Waals surface area contributed by atoms with E-state index in [-0.39, 0.29) is 44.8 Å². The Morgan fingerprint density at radius 1 is 0.897 bits per heavy atom. The molecule has 3 heterocycles.